The van der Waals surface area contributed by atoms with E-state index in [-0.39, 0.29) is 5.78 Å². The van der Waals surface area contributed by atoms with Crippen molar-refractivity contribution in [2.45, 2.75) is 32.1 Å². The van der Waals surface area contributed by atoms with Gasteiger partial charge in [-0.05, 0) is 53.9 Å². The van der Waals surface area contributed by atoms with E-state index in [4.69, 9.17) is 9.47 Å². The molecule has 136 valence electrons. The number of halogens is 1. The maximum atomic E-state index is 11.5. The van der Waals surface area contributed by atoms with Gasteiger partial charge in [0.15, 0.2) is 5.78 Å². The van der Waals surface area contributed by atoms with Gasteiger partial charge in [-0.25, -0.2) is 0 Å². The van der Waals surface area contributed by atoms with Crippen LogP contribution in [0.25, 0.3) is 6.08 Å². The molecule has 0 spiro atoms. The maximum absolute atomic E-state index is 11.5. The Labute approximate surface area is 163 Å². The van der Waals surface area contributed by atoms with Crippen molar-refractivity contribution in [3.8, 4) is 11.5 Å². The molecule has 0 fully saturated rings. The zero-order valence-corrected chi connectivity index (χ0v) is 16.8. The molecule has 2 aliphatic rings. The molecule has 0 aliphatic heterocycles. The van der Waals surface area contributed by atoms with Gasteiger partial charge in [-0.2, -0.15) is 0 Å². The number of fused-ring (bicyclic) bond motifs is 2. The fourth-order valence-corrected chi connectivity index (χ4v) is 3.94. The number of hydrogen-bond donors (Lipinski definition) is 0. The summed E-state index contributed by atoms with van der Waals surface area (Å²) in [5.74, 6) is 2.11. The molecule has 0 unspecified atom stereocenters. The van der Waals surface area contributed by atoms with Gasteiger partial charge in [-0.15, -0.1) is 0 Å². The van der Waals surface area contributed by atoms with E-state index in [1.54, 1.807) is 14.2 Å². The number of carbonyl (C=O) groups is 1. The molecule has 3 nitrogen and oxygen atoms in total. The largest absolute Gasteiger partial charge is 0.496 e. The van der Waals surface area contributed by atoms with Gasteiger partial charge in [0.25, 0.3) is 0 Å². The topological polar surface area (TPSA) is 35.5 Å². The smallest absolute Gasteiger partial charge is 0.163 e. The third kappa shape index (κ3) is 4.01. The van der Waals surface area contributed by atoms with Crippen molar-refractivity contribution in [2.75, 3.05) is 14.2 Å². The Kier molecular flexibility index (Phi) is 6.15. The Hall–Kier alpha value is -2.07. The molecule has 2 aliphatic carbocycles. The number of rotatable bonds is 2. The van der Waals surface area contributed by atoms with E-state index in [0.29, 0.717) is 6.42 Å². The van der Waals surface area contributed by atoms with Crippen LogP contribution in [0.15, 0.2) is 40.9 Å². The fraction of sp³-hybridized carbons (Fsp3) is 0.318. The van der Waals surface area contributed by atoms with Crippen LogP contribution in [-0.4, -0.2) is 20.0 Å². The Morgan fingerprint density at radius 1 is 0.846 bits per heavy atom. The number of carbonyl (C=O) groups excluding carboxylic acids is 1. The van der Waals surface area contributed by atoms with Crippen LogP contribution >= 0.6 is 15.9 Å². The molecular weight excluding hydrogens is 392 g/mol. The molecule has 4 heteroatoms. The second kappa shape index (κ2) is 8.54. The molecule has 0 saturated carbocycles. The first-order valence-corrected chi connectivity index (χ1v) is 9.64. The average molecular weight is 415 g/mol. The van der Waals surface area contributed by atoms with E-state index in [1.807, 2.05) is 30.3 Å². The number of ketones is 1. The van der Waals surface area contributed by atoms with E-state index >= 15 is 0 Å². The Balaban J connectivity index is 0.000000151. The first kappa shape index (κ1) is 18.7. The minimum absolute atomic E-state index is 0.250. The standard InChI is InChI=1S/C11H11BrO.C11H12O2/c1-13-11-4-2-3-8-7-9(12)5-6-10(8)11;1-13-11-7-3-4-8-9(11)5-2-6-10(8)12/h2-4,7H,5-6H2,1H3;3-4,7H,2,5-6H2,1H3. The van der Waals surface area contributed by atoms with Gasteiger partial charge in [-0.3, -0.25) is 4.79 Å². The first-order valence-electron chi connectivity index (χ1n) is 8.85. The number of Topliss-reactive ketones (excluding diaryl/α,β-unsaturated/α-hetero) is 1. The summed E-state index contributed by atoms with van der Waals surface area (Å²) in [5, 5.41) is 0. The van der Waals surface area contributed by atoms with Gasteiger partial charge in [0, 0.05) is 23.1 Å². The van der Waals surface area contributed by atoms with Gasteiger partial charge in [0.2, 0.25) is 0 Å². The van der Waals surface area contributed by atoms with E-state index in [9.17, 15) is 4.79 Å². The van der Waals surface area contributed by atoms with Crippen LogP contribution in [0.3, 0.4) is 0 Å². The summed E-state index contributed by atoms with van der Waals surface area (Å²) >= 11 is 3.52. The minimum Gasteiger partial charge on any atom is -0.496 e. The molecule has 2 aromatic carbocycles. The predicted molar refractivity (Wildman–Crippen MR) is 108 cm³/mol. The number of ether oxygens (including phenoxy) is 2. The van der Waals surface area contributed by atoms with E-state index in [2.05, 4.69) is 28.1 Å². The highest BCUT2D eigenvalue weighted by Gasteiger charge is 2.19. The van der Waals surface area contributed by atoms with Crippen LogP contribution in [0, 0.1) is 0 Å². The Morgan fingerprint density at radius 2 is 1.54 bits per heavy atom. The van der Waals surface area contributed by atoms with Crippen LogP contribution in [0.4, 0.5) is 0 Å². The highest BCUT2D eigenvalue weighted by atomic mass is 79.9. The molecule has 4 rings (SSSR count). The van der Waals surface area contributed by atoms with Crippen molar-refractivity contribution in [3.05, 3.63) is 63.1 Å². The van der Waals surface area contributed by atoms with Gasteiger partial charge in [0.05, 0.1) is 14.2 Å². The second-order valence-electron chi connectivity index (χ2n) is 6.38. The molecule has 0 N–H and O–H groups in total. The number of allylic oxidation sites excluding steroid dienone is 1. The summed E-state index contributed by atoms with van der Waals surface area (Å²) < 4.78 is 11.8. The van der Waals surface area contributed by atoms with Crippen molar-refractivity contribution < 1.29 is 14.3 Å². The average Bonchev–Trinajstić information content (AvgIpc) is 2.67. The van der Waals surface area contributed by atoms with E-state index in [0.717, 1.165) is 48.3 Å². The van der Waals surface area contributed by atoms with Crippen molar-refractivity contribution in [3.63, 3.8) is 0 Å². The second-order valence-corrected chi connectivity index (χ2v) is 7.40. The molecule has 0 bridgehead atoms. The normalized spacial score (nSPS) is 15.0. The monoisotopic (exact) mass is 414 g/mol. The van der Waals surface area contributed by atoms with Crippen molar-refractivity contribution >= 4 is 27.8 Å². The van der Waals surface area contributed by atoms with Crippen LogP contribution < -0.4 is 9.47 Å². The summed E-state index contributed by atoms with van der Waals surface area (Å²) in [7, 11) is 3.37. The molecule has 0 radical (unpaired) electrons. The zero-order valence-electron chi connectivity index (χ0n) is 15.2. The highest BCUT2D eigenvalue weighted by Crippen LogP contribution is 2.32. The van der Waals surface area contributed by atoms with E-state index in [1.165, 1.54) is 15.6 Å². The molecule has 0 aromatic heterocycles. The van der Waals surface area contributed by atoms with Crippen molar-refractivity contribution in [2.24, 2.45) is 0 Å². The fourth-order valence-electron chi connectivity index (χ4n) is 3.50. The quantitative estimate of drug-likeness (QED) is 0.641. The molecule has 0 amide bonds. The van der Waals surface area contributed by atoms with Gasteiger partial charge < -0.3 is 9.47 Å². The van der Waals surface area contributed by atoms with Crippen molar-refractivity contribution in [1.82, 2.24) is 0 Å². The summed E-state index contributed by atoms with van der Waals surface area (Å²) in [4.78, 5) is 11.5. The van der Waals surface area contributed by atoms with Crippen LogP contribution in [-0.2, 0) is 12.8 Å². The van der Waals surface area contributed by atoms with E-state index < -0.39 is 0 Å². The molecule has 0 heterocycles. The van der Waals surface area contributed by atoms with Crippen LogP contribution in [0.5, 0.6) is 11.5 Å². The minimum atomic E-state index is 0.250. The van der Waals surface area contributed by atoms with Crippen LogP contribution in [0.1, 0.15) is 46.3 Å². The van der Waals surface area contributed by atoms with Gasteiger partial charge in [0.1, 0.15) is 11.5 Å². The lowest BCUT2D eigenvalue weighted by atomic mass is 9.90. The third-order valence-corrected chi connectivity index (χ3v) is 5.42. The number of methoxy groups -OCH3 is 2. The lowest BCUT2D eigenvalue weighted by Crippen LogP contribution is -2.11. The lowest BCUT2D eigenvalue weighted by Gasteiger charge is -2.16. The molecule has 2 aromatic rings. The van der Waals surface area contributed by atoms with Gasteiger partial charge in [-0.1, -0.05) is 40.2 Å². The van der Waals surface area contributed by atoms with Gasteiger partial charge >= 0.3 is 0 Å². The Morgan fingerprint density at radius 3 is 2.27 bits per heavy atom. The molecule has 0 atom stereocenters. The lowest BCUT2D eigenvalue weighted by molar-refractivity contribution is 0.0971. The SMILES string of the molecule is COc1cccc2c1CCC(Br)=C2.COc1cccc2c1CCCC2=O. The first-order chi connectivity index (χ1) is 12.6. The predicted octanol–water partition coefficient (Wildman–Crippen LogP) is 5.59. The van der Waals surface area contributed by atoms with Crippen LogP contribution in [0.2, 0.25) is 0 Å². The summed E-state index contributed by atoms with van der Waals surface area (Å²) in [5.41, 5.74) is 4.54. The maximum Gasteiger partial charge on any atom is 0.163 e. The summed E-state index contributed by atoms with van der Waals surface area (Å²) in [6, 6.07) is 11.8. The molecule has 0 saturated heterocycles. The highest BCUT2D eigenvalue weighted by molar-refractivity contribution is 9.11. The third-order valence-electron chi connectivity index (χ3n) is 4.80. The van der Waals surface area contributed by atoms with Crippen molar-refractivity contribution in [1.29, 1.82) is 0 Å². The summed E-state index contributed by atoms with van der Waals surface area (Å²) in [6.45, 7) is 0. The molecule has 26 heavy (non-hydrogen) atoms. The Bertz CT molecular complexity index is 839. The zero-order chi connectivity index (χ0) is 18.5. The molecular formula is C22H23BrO3. The number of hydrogen-bond acceptors (Lipinski definition) is 3. The summed E-state index contributed by atoms with van der Waals surface area (Å²) in [6.07, 6.45) is 6.91. The number of benzene rings is 2.